The molecule has 0 aliphatic heterocycles. The van der Waals surface area contributed by atoms with Crippen LogP contribution >= 0.6 is 7.14 Å². The number of benzene rings is 13. The van der Waals surface area contributed by atoms with Crippen molar-refractivity contribution in [1.29, 1.82) is 0 Å². The number of furan rings is 4. The fourth-order valence-electron chi connectivity index (χ4n) is 13.0. The van der Waals surface area contributed by atoms with Crippen LogP contribution in [0, 0.1) is 0 Å². The van der Waals surface area contributed by atoms with E-state index in [1.807, 2.05) is 133 Å². The second-order valence-electron chi connectivity index (χ2n) is 21.9. The van der Waals surface area contributed by atoms with Gasteiger partial charge in [0.1, 0.15) is 44.7 Å². The lowest BCUT2D eigenvalue weighted by Crippen LogP contribution is -2.24. The van der Waals surface area contributed by atoms with E-state index >= 15 is 0 Å². The topological polar surface area (TPSA) is 82.5 Å². The summed E-state index contributed by atoms with van der Waals surface area (Å²) in [5, 5.41) is 15.7. The molecule has 0 saturated carbocycles. The first-order valence-electron chi connectivity index (χ1n) is 28.8. The summed E-state index contributed by atoms with van der Waals surface area (Å²) in [4.78, 5) is 5.10. The summed E-state index contributed by atoms with van der Waals surface area (Å²) >= 11 is 0. The first kappa shape index (κ1) is 49.6. The Morgan fingerprint density at radius 2 is 0.640 bits per heavy atom. The van der Waals surface area contributed by atoms with E-state index in [9.17, 15) is 4.57 Å². The smallest absolute Gasteiger partial charge is 0.171 e. The summed E-state index contributed by atoms with van der Waals surface area (Å²) in [7, 11) is -3.08. The quantitative estimate of drug-likeness (QED) is 0.148. The van der Waals surface area contributed by atoms with Gasteiger partial charge in [-0.25, -0.2) is 4.98 Å². The number of nitrogens with zero attached hydrogens (tertiary/aromatic N) is 1. The zero-order valence-corrected chi connectivity index (χ0v) is 47.0. The number of hydrogen-bond acceptors (Lipinski definition) is 6. The van der Waals surface area contributed by atoms with Gasteiger partial charge < -0.3 is 22.2 Å². The highest BCUT2D eigenvalue weighted by Gasteiger charge is 2.30. The minimum atomic E-state index is -3.08. The van der Waals surface area contributed by atoms with E-state index in [2.05, 4.69) is 158 Å². The van der Waals surface area contributed by atoms with Gasteiger partial charge in [-0.1, -0.05) is 243 Å². The van der Waals surface area contributed by atoms with E-state index in [1.54, 1.807) is 0 Å². The average molecular weight is 1120 g/mol. The molecule has 5 heterocycles. The Balaban J connectivity index is 0.000000135. The Morgan fingerprint density at radius 3 is 1.10 bits per heavy atom. The van der Waals surface area contributed by atoms with Crippen molar-refractivity contribution in [3.05, 3.63) is 291 Å². The fraction of sp³-hybridized carbons (Fsp3) is 0. The molecule has 0 saturated heterocycles. The first-order chi connectivity index (χ1) is 42.5. The van der Waals surface area contributed by atoms with E-state index in [1.165, 1.54) is 16.2 Å². The van der Waals surface area contributed by atoms with Crippen LogP contribution in [0.15, 0.2) is 309 Å². The SMILES string of the molecule is O=P(c1ccccc1)(c1ccccc1)c1ccc(-c2cc3oc4ccc5ccccc5c4c3c3c2oc2ccccc23)cc1.c1ccc(-c2cc(-c3cc4oc5ccc6ccccc6c5c4c4c3oc3ccccc34)cc(-c3ccccc3)n2)cc1. The second-order valence-corrected chi connectivity index (χ2v) is 24.7. The van der Waals surface area contributed by atoms with E-state index in [4.69, 9.17) is 22.7 Å². The number of rotatable bonds is 7. The molecule has 5 aromatic heterocycles. The summed E-state index contributed by atoms with van der Waals surface area (Å²) in [6.45, 7) is 0. The Labute approximate surface area is 492 Å². The molecule has 0 unspecified atom stereocenters. The van der Waals surface area contributed by atoms with Gasteiger partial charge in [0, 0.05) is 81.3 Å². The second kappa shape index (κ2) is 19.8. The molecule has 6 nitrogen and oxygen atoms in total. The molecule has 86 heavy (non-hydrogen) atoms. The normalized spacial score (nSPS) is 12.0. The lowest BCUT2D eigenvalue weighted by molar-refractivity contribution is 0.592. The van der Waals surface area contributed by atoms with Crippen LogP contribution in [0.2, 0.25) is 0 Å². The van der Waals surface area contributed by atoms with Crippen LogP contribution in [0.4, 0.5) is 0 Å². The highest BCUT2D eigenvalue weighted by atomic mass is 31.2. The van der Waals surface area contributed by atoms with Gasteiger partial charge in [0.15, 0.2) is 7.14 Å². The number of hydrogen-bond donors (Lipinski definition) is 0. The molecular weight excluding hydrogens is 1070 g/mol. The van der Waals surface area contributed by atoms with Crippen molar-refractivity contribution in [3.63, 3.8) is 0 Å². The minimum absolute atomic E-state index is 0.788. The third kappa shape index (κ3) is 7.88. The number of para-hydroxylation sites is 2. The molecule has 0 atom stereocenters. The van der Waals surface area contributed by atoms with Gasteiger partial charge in [-0.3, -0.25) is 0 Å². The van der Waals surface area contributed by atoms with E-state index < -0.39 is 7.14 Å². The molecule has 0 bridgehead atoms. The van der Waals surface area contributed by atoms with Crippen molar-refractivity contribution in [3.8, 4) is 44.8 Å². The van der Waals surface area contributed by atoms with Gasteiger partial charge in [-0.15, -0.1) is 0 Å². The molecule has 0 radical (unpaired) electrons. The third-order valence-corrected chi connectivity index (χ3v) is 20.1. The monoisotopic (exact) mass is 1120 g/mol. The largest absolute Gasteiger partial charge is 0.456 e. The zero-order chi connectivity index (χ0) is 56.9. The van der Waals surface area contributed by atoms with Crippen molar-refractivity contribution < 1.29 is 22.2 Å². The molecule has 0 amide bonds. The van der Waals surface area contributed by atoms with E-state index in [0.717, 1.165) is 154 Å². The summed E-state index contributed by atoms with van der Waals surface area (Å²) in [6.07, 6.45) is 0. The zero-order valence-electron chi connectivity index (χ0n) is 46.1. The molecule has 18 aromatic rings. The molecule has 18 rings (SSSR count). The van der Waals surface area contributed by atoms with E-state index in [-0.39, 0.29) is 0 Å². The molecule has 0 aliphatic carbocycles. The van der Waals surface area contributed by atoms with Crippen LogP contribution in [0.25, 0.3) is 154 Å². The van der Waals surface area contributed by atoms with Crippen molar-refractivity contribution in [2.24, 2.45) is 0 Å². The highest BCUT2D eigenvalue weighted by Crippen LogP contribution is 2.50. The van der Waals surface area contributed by atoms with Crippen molar-refractivity contribution in [2.45, 2.75) is 0 Å². The van der Waals surface area contributed by atoms with Crippen molar-refractivity contribution in [2.75, 3.05) is 0 Å². The van der Waals surface area contributed by atoms with Gasteiger partial charge >= 0.3 is 0 Å². The lowest BCUT2D eigenvalue weighted by atomic mass is 9.95. The van der Waals surface area contributed by atoms with Gasteiger partial charge in [-0.05, 0) is 81.2 Å². The molecule has 404 valence electrons. The molecule has 0 aliphatic rings. The minimum Gasteiger partial charge on any atom is -0.456 e. The van der Waals surface area contributed by atoms with Gasteiger partial charge in [-0.2, -0.15) is 0 Å². The maximum absolute atomic E-state index is 14.9. The number of aromatic nitrogens is 1. The van der Waals surface area contributed by atoms with Gasteiger partial charge in [0.2, 0.25) is 0 Å². The first-order valence-corrected chi connectivity index (χ1v) is 30.5. The fourth-order valence-corrected chi connectivity index (χ4v) is 15.7. The Kier molecular flexibility index (Phi) is 11.4. The van der Waals surface area contributed by atoms with Crippen molar-refractivity contribution in [1.82, 2.24) is 4.98 Å². The molecule has 0 fully saturated rings. The lowest BCUT2D eigenvalue weighted by Gasteiger charge is -2.20. The van der Waals surface area contributed by atoms with Crippen LogP contribution in [0.5, 0.6) is 0 Å². The predicted molar refractivity (Wildman–Crippen MR) is 356 cm³/mol. The molecule has 7 heteroatoms. The molecule has 0 spiro atoms. The Hall–Kier alpha value is -11.0. The maximum atomic E-state index is 14.9. The average Bonchev–Trinajstić information content (AvgIpc) is 1.62. The Morgan fingerprint density at radius 1 is 0.256 bits per heavy atom. The number of pyridine rings is 1. The van der Waals surface area contributed by atoms with E-state index in [0.29, 0.717) is 0 Å². The summed E-state index contributed by atoms with van der Waals surface area (Å²) in [5.74, 6) is 0. The van der Waals surface area contributed by atoms with Crippen LogP contribution in [-0.2, 0) is 4.57 Å². The van der Waals surface area contributed by atoms with Crippen LogP contribution in [0.1, 0.15) is 0 Å². The van der Waals surface area contributed by atoms with Crippen molar-refractivity contribution >= 4 is 132 Å². The summed E-state index contributed by atoms with van der Waals surface area (Å²) in [5.41, 5.74) is 14.6. The maximum Gasteiger partial charge on any atom is 0.171 e. The molecular formula is C79H48NO5P. The van der Waals surface area contributed by atoms with Crippen LogP contribution in [-0.4, -0.2) is 4.98 Å². The van der Waals surface area contributed by atoms with Crippen LogP contribution in [0.3, 0.4) is 0 Å². The Bertz CT molecular complexity index is 5630. The third-order valence-electron chi connectivity index (χ3n) is 17.0. The molecule has 13 aromatic carbocycles. The molecule has 0 N–H and O–H groups in total. The van der Waals surface area contributed by atoms with Crippen LogP contribution < -0.4 is 15.9 Å². The number of fused-ring (bicyclic) bond motifs is 18. The van der Waals surface area contributed by atoms with Gasteiger partial charge in [0.25, 0.3) is 0 Å². The summed E-state index contributed by atoms with van der Waals surface area (Å²) < 4.78 is 41.4. The highest BCUT2D eigenvalue weighted by molar-refractivity contribution is 7.85. The predicted octanol–water partition coefficient (Wildman–Crippen LogP) is 21.0. The summed E-state index contributed by atoms with van der Waals surface area (Å²) in [6, 6.07) is 98.7. The standard InChI is InChI=1S/C40H25O3P.C39H23NO2/c41-44(28-12-3-1-4-13-28,29-14-5-2-6-15-29)30-22-19-27(20-23-30)33-25-36-39(38-32-17-9-10-18-34(32)43-40(33)38)37-31-16-8-7-11-26(31)21-24-35(37)42-36;1-3-12-25(13-4-1)31-21-27(22-32(40-31)26-14-5-2-6-15-26)30-23-35-38(37-29-17-9-10-18-33(29)42-39(30)37)36-28-16-8-7-11-24(28)19-20-34(36)41-35/h1-25H;1-23H. The van der Waals surface area contributed by atoms with Gasteiger partial charge in [0.05, 0.1) is 11.4 Å².